The van der Waals surface area contributed by atoms with Crippen molar-refractivity contribution < 1.29 is 18.3 Å². The Balaban J connectivity index is 2.64. The normalized spacial score (nSPS) is 20.3. The zero-order valence-corrected chi connectivity index (χ0v) is 6.77. The van der Waals surface area contributed by atoms with Crippen LogP contribution in [0.3, 0.4) is 0 Å². The van der Waals surface area contributed by atoms with E-state index in [-0.39, 0.29) is 19.4 Å². The van der Waals surface area contributed by atoms with E-state index in [1.54, 1.807) is 0 Å². The Kier molecular flexibility index (Phi) is 2.07. The Morgan fingerprint density at radius 1 is 1.67 bits per heavy atom. The maximum Gasteiger partial charge on any atom is 0.379 e. The number of esters is 1. The summed E-state index contributed by atoms with van der Waals surface area (Å²) < 4.78 is 30.2. The molecule has 3 nitrogen and oxygen atoms in total. The highest BCUT2D eigenvalue weighted by molar-refractivity contribution is 5.80. The molecule has 5 heteroatoms. The maximum atomic E-state index is 13.0. The van der Waals surface area contributed by atoms with E-state index in [0.717, 1.165) is 0 Å². The van der Waals surface area contributed by atoms with E-state index in [1.165, 1.54) is 6.92 Å². The molecule has 0 bridgehead atoms. The van der Waals surface area contributed by atoms with Crippen LogP contribution in [0.1, 0.15) is 19.8 Å². The molecule has 0 heterocycles. The smallest absolute Gasteiger partial charge is 0.379 e. The molecule has 0 aliphatic heterocycles. The van der Waals surface area contributed by atoms with Crippen molar-refractivity contribution in [3.05, 3.63) is 0 Å². The minimum atomic E-state index is -3.52. The van der Waals surface area contributed by atoms with Crippen molar-refractivity contribution in [3.63, 3.8) is 0 Å². The van der Waals surface area contributed by atoms with Gasteiger partial charge in [-0.1, -0.05) is 0 Å². The lowest BCUT2D eigenvalue weighted by Crippen LogP contribution is -2.50. The average Bonchev–Trinajstić information content (AvgIpc) is 2.70. The third kappa shape index (κ3) is 1.29. The number of ether oxygens (including phenoxy) is 1. The number of carbonyl (C=O) groups excluding carboxylic acids is 1. The lowest BCUT2D eigenvalue weighted by Gasteiger charge is -2.20. The molecule has 1 saturated carbocycles. The fraction of sp³-hybridized carbons (Fsp3) is 0.857. The Labute approximate surface area is 68.9 Å². The Bertz CT molecular complexity index is 202. The predicted octanol–water partition coefficient (Wildman–Crippen LogP) is 0.676. The van der Waals surface area contributed by atoms with Gasteiger partial charge in [0, 0.05) is 0 Å². The minimum absolute atomic E-state index is 0.0511. The molecule has 0 radical (unpaired) electrons. The van der Waals surface area contributed by atoms with Gasteiger partial charge in [0.1, 0.15) is 0 Å². The zero-order valence-electron chi connectivity index (χ0n) is 6.77. The third-order valence-corrected chi connectivity index (χ3v) is 1.95. The highest BCUT2D eigenvalue weighted by Gasteiger charge is 2.64. The van der Waals surface area contributed by atoms with Crippen LogP contribution in [-0.2, 0) is 9.53 Å². The topological polar surface area (TPSA) is 52.3 Å². The lowest BCUT2D eigenvalue weighted by atomic mass is 10.1. The van der Waals surface area contributed by atoms with Crippen LogP contribution < -0.4 is 5.73 Å². The first kappa shape index (κ1) is 9.38. The highest BCUT2D eigenvalue weighted by Crippen LogP contribution is 2.46. The van der Waals surface area contributed by atoms with Crippen molar-refractivity contribution in [1.82, 2.24) is 0 Å². The summed E-state index contributed by atoms with van der Waals surface area (Å²) in [5.74, 6) is -5.03. The van der Waals surface area contributed by atoms with E-state index in [4.69, 9.17) is 5.73 Å². The molecular formula is C7H11F2NO2. The van der Waals surface area contributed by atoms with Crippen molar-refractivity contribution in [1.29, 1.82) is 0 Å². The molecule has 1 aliphatic carbocycles. The molecule has 0 saturated heterocycles. The fourth-order valence-corrected chi connectivity index (χ4v) is 0.874. The predicted molar refractivity (Wildman–Crippen MR) is 37.7 cm³/mol. The molecule has 1 aliphatic rings. The molecule has 1 rings (SSSR count). The molecule has 0 atom stereocenters. The van der Waals surface area contributed by atoms with E-state index in [9.17, 15) is 13.6 Å². The van der Waals surface area contributed by atoms with Gasteiger partial charge in [-0.15, -0.1) is 0 Å². The van der Waals surface area contributed by atoms with Crippen LogP contribution >= 0.6 is 0 Å². The van der Waals surface area contributed by atoms with Crippen molar-refractivity contribution in [2.75, 3.05) is 6.61 Å². The third-order valence-electron chi connectivity index (χ3n) is 1.95. The first-order valence-corrected chi connectivity index (χ1v) is 3.78. The molecule has 0 amide bonds. The van der Waals surface area contributed by atoms with Gasteiger partial charge in [0.15, 0.2) is 0 Å². The Morgan fingerprint density at radius 2 is 2.17 bits per heavy atom. The largest absolute Gasteiger partial charge is 0.462 e. The van der Waals surface area contributed by atoms with Crippen LogP contribution in [0.15, 0.2) is 0 Å². The molecule has 0 aromatic rings. The van der Waals surface area contributed by atoms with Gasteiger partial charge < -0.3 is 10.5 Å². The van der Waals surface area contributed by atoms with E-state index in [2.05, 4.69) is 4.74 Å². The van der Waals surface area contributed by atoms with Crippen molar-refractivity contribution in [3.8, 4) is 0 Å². The molecular weight excluding hydrogens is 168 g/mol. The number of carbonyl (C=O) groups is 1. The number of hydrogen-bond acceptors (Lipinski definition) is 3. The molecule has 12 heavy (non-hydrogen) atoms. The summed E-state index contributed by atoms with van der Waals surface area (Å²) in [6, 6.07) is 0. The molecule has 2 N–H and O–H groups in total. The highest BCUT2D eigenvalue weighted by atomic mass is 19.3. The van der Waals surface area contributed by atoms with Gasteiger partial charge in [0.2, 0.25) is 0 Å². The minimum Gasteiger partial charge on any atom is -0.462 e. The fourth-order valence-electron chi connectivity index (χ4n) is 0.874. The second kappa shape index (κ2) is 2.65. The van der Waals surface area contributed by atoms with Gasteiger partial charge in [-0.3, -0.25) is 0 Å². The van der Waals surface area contributed by atoms with Gasteiger partial charge in [-0.2, -0.15) is 8.78 Å². The molecule has 0 aromatic carbocycles. The number of halogens is 2. The molecule has 0 spiro atoms. The summed E-state index contributed by atoms with van der Waals surface area (Å²) in [5.41, 5.74) is 3.57. The molecule has 70 valence electrons. The van der Waals surface area contributed by atoms with Crippen molar-refractivity contribution in [2.45, 2.75) is 31.2 Å². The van der Waals surface area contributed by atoms with Crippen molar-refractivity contribution in [2.24, 2.45) is 5.73 Å². The summed E-state index contributed by atoms with van der Waals surface area (Å²) in [5, 5.41) is 0. The first-order valence-electron chi connectivity index (χ1n) is 3.78. The molecule has 0 aromatic heterocycles. The number of hydrogen-bond donors (Lipinski definition) is 1. The summed E-state index contributed by atoms with van der Waals surface area (Å²) in [6.45, 7) is 1.43. The van der Waals surface area contributed by atoms with Crippen LogP contribution in [0.4, 0.5) is 8.78 Å². The zero-order chi connectivity index (χ0) is 9.41. The Morgan fingerprint density at radius 3 is 2.50 bits per heavy atom. The SMILES string of the molecule is CCOC(=O)C(F)(F)C1(N)CC1. The van der Waals surface area contributed by atoms with Crippen LogP contribution in [0.2, 0.25) is 0 Å². The van der Waals surface area contributed by atoms with Gasteiger partial charge in [0.05, 0.1) is 12.1 Å². The summed E-state index contributed by atoms with van der Waals surface area (Å²) in [4.78, 5) is 10.7. The van der Waals surface area contributed by atoms with E-state index < -0.39 is 17.4 Å². The van der Waals surface area contributed by atoms with E-state index >= 15 is 0 Å². The van der Waals surface area contributed by atoms with Crippen LogP contribution in [-0.4, -0.2) is 24.0 Å². The number of rotatable bonds is 3. The van der Waals surface area contributed by atoms with Gasteiger partial charge in [-0.05, 0) is 19.8 Å². The quantitative estimate of drug-likeness (QED) is 0.648. The van der Waals surface area contributed by atoms with E-state index in [1.807, 2.05) is 0 Å². The summed E-state index contributed by atoms with van der Waals surface area (Å²) in [6.07, 6.45) is 0.359. The second-order valence-electron chi connectivity index (χ2n) is 2.95. The maximum absolute atomic E-state index is 13.0. The standard InChI is InChI=1S/C7H11F2NO2/c1-2-12-5(11)7(8,9)6(10)3-4-6/h2-4,10H2,1H3. The van der Waals surface area contributed by atoms with Crippen LogP contribution in [0.25, 0.3) is 0 Å². The summed E-state index contributed by atoms with van der Waals surface area (Å²) >= 11 is 0. The summed E-state index contributed by atoms with van der Waals surface area (Å²) in [7, 11) is 0. The first-order chi connectivity index (χ1) is 5.44. The van der Waals surface area contributed by atoms with Crippen LogP contribution in [0, 0.1) is 0 Å². The van der Waals surface area contributed by atoms with Crippen molar-refractivity contribution >= 4 is 5.97 Å². The average molecular weight is 179 g/mol. The number of alkyl halides is 2. The van der Waals surface area contributed by atoms with Crippen LogP contribution in [0.5, 0.6) is 0 Å². The Hall–Kier alpha value is -0.710. The monoisotopic (exact) mass is 179 g/mol. The lowest BCUT2D eigenvalue weighted by molar-refractivity contribution is -0.176. The second-order valence-corrected chi connectivity index (χ2v) is 2.95. The molecule has 1 fully saturated rings. The van der Waals surface area contributed by atoms with E-state index in [0.29, 0.717) is 0 Å². The van der Waals surface area contributed by atoms with Gasteiger partial charge in [0.25, 0.3) is 0 Å². The number of nitrogens with two attached hydrogens (primary N) is 1. The van der Waals surface area contributed by atoms with Gasteiger partial charge in [-0.25, -0.2) is 4.79 Å². The van der Waals surface area contributed by atoms with Gasteiger partial charge >= 0.3 is 11.9 Å². The molecule has 0 unspecified atom stereocenters.